The van der Waals surface area contributed by atoms with Gasteiger partial charge in [-0.3, -0.25) is 9.59 Å². The molecule has 0 saturated carbocycles. The van der Waals surface area contributed by atoms with Crippen molar-refractivity contribution in [2.24, 2.45) is 11.3 Å². The lowest BCUT2D eigenvalue weighted by molar-refractivity contribution is -0.126. The molecule has 34 heavy (non-hydrogen) atoms. The van der Waals surface area contributed by atoms with E-state index in [0.29, 0.717) is 49.6 Å². The molecule has 0 aliphatic carbocycles. The average molecular weight is 468 g/mol. The largest absolute Gasteiger partial charge is 0.495 e. The van der Waals surface area contributed by atoms with Gasteiger partial charge in [0.1, 0.15) is 11.6 Å². The van der Waals surface area contributed by atoms with Crippen LogP contribution >= 0.6 is 0 Å². The lowest BCUT2D eigenvalue weighted by atomic mass is 9.91. The van der Waals surface area contributed by atoms with Gasteiger partial charge in [0.2, 0.25) is 5.91 Å². The Morgan fingerprint density at radius 1 is 1.15 bits per heavy atom. The molecule has 0 bridgehead atoms. The molecule has 1 fully saturated rings. The number of ether oxygens (including phenoxy) is 1. The van der Waals surface area contributed by atoms with E-state index in [1.807, 2.05) is 43.3 Å². The molecule has 2 aromatic rings. The summed E-state index contributed by atoms with van der Waals surface area (Å²) in [6.45, 7) is 6.92. The fourth-order valence-electron chi connectivity index (χ4n) is 4.45. The van der Waals surface area contributed by atoms with Crippen LogP contribution in [0.1, 0.15) is 37.0 Å². The van der Waals surface area contributed by atoms with Crippen LogP contribution in [-0.4, -0.2) is 74.0 Å². The topological polar surface area (TPSA) is 86.8 Å². The Labute approximate surface area is 202 Å². The lowest BCUT2D eigenvalue weighted by Crippen LogP contribution is -2.46. The second kappa shape index (κ2) is 11.3. The minimum absolute atomic E-state index is 0.000965. The first-order chi connectivity index (χ1) is 16.2. The maximum Gasteiger partial charge on any atom is 0.257 e. The van der Waals surface area contributed by atoms with Gasteiger partial charge in [-0.2, -0.15) is 0 Å². The number of para-hydroxylation sites is 2. The Morgan fingerprint density at radius 3 is 2.53 bits per heavy atom. The molecule has 2 amide bonds. The van der Waals surface area contributed by atoms with Crippen molar-refractivity contribution in [3.8, 4) is 5.75 Å². The Bertz CT molecular complexity index is 984. The molecule has 1 aromatic heterocycles. The number of hydrogen-bond acceptors (Lipinski definition) is 6. The van der Waals surface area contributed by atoms with E-state index in [1.54, 1.807) is 25.4 Å². The zero-order valence-electron chi connectivity index (χ0n) is 20.9. The molecular formula is C26H37N5O3. The third kappa shape index (κ3) is 6.70. The third-order valence-corrected chi connectivity index (χ3v) is 6.04. The van der Waals surface area contributed by atoms with Crippen molar-refractivity contribution in [1.29, 1.82) is 0 Å². The summed E-state index contributed by atoms with van der Waals surface area (Å²) in [5, 5.41) is 6.35. The Hall–Kier alpha value is -3.13. The number of carbonyl (C=O) groups excluding carboxylic acids is 2. The number of anilines is 2. The highest BCUT2D eigenvalue weighted by Crippen LogP contribution is 2.29. The van der Waals surface area contributed by atoms with Crippen molar-refractivity contribution in [3.63, 3.8) is 0 Å². The van der Waals surface area contributed by atoms with Crippen LogP contribution in [0.25, 0.3) is 0 Å². The number of rotatable bonds is 9. The molecule has 1 saturated heterocycles. The highest BCUT2D eigenvalue weighted by atomic mass is 16.5. The molecule has 1 aliphatic heterocycles. The standard InChI is InChI=1S/C26H37N5O3/c1-26(2,18-30(3)4)17-28-24(32)19-12-15-31(16-13-19)25(33)20-9-8-14-27-23(20)29-21-10-6-7-11-22(21)34-5/h6-11,14,19H,12-13,15-18H2,1-5H3,(H,27,29)(H,28,32). The zero-order valence-corrected chi connectivity index (χ0v) is 20.9. The van der Waals surface area contributed by atoms with Gasteiger partial charge in [0.15, 0.2) is 0 Å². The van der Waals surface area contributed by atoms with E-state index in [2.05, 4.69) is 34.4 Å². The Kier molecular flexibility index (Phi) is 8.50. The SMILES string of the molecule is COc1ccccc1Nc1ncccc1C(=O)N1CCC(C(=O)NCC(C)(C)CN(C)C)CC1. The van der Waals surface area contributed by atoms with Gasteiger partial charge in [0.25, 0.3) is 5.91 Å². The molecule has 2 N–H and O–H groups in total. The molecular weight excluding hydrogens is 430 g/mol. The number of aromatic nitrogens is 1. The van der Waals surface area contributed by atoms with Crippen LogP contribution in [0.2, 0.25) is 0 Å². The van der Waals surface area contributed by atoms with E-state index in [4.69, 9.17) is 4.74 Å². The average Bonchev–Trinajstić information content (AvgIpc) is 2.82. The normalized spacial score (nSPS) is 14.7. The predicted octanol–water partition coefficient (Wildman–Crippen LogP) is 3.39. The van der Waals surface area contributed by atoms with E-state index in [0.717, 1.165) is 12.2 Å². The first kappa shape index (κ1) is 25.5. The minimum Gasteiger partial charge on any atom is -0.495 e. The summed E-state index contributed by atoms with van der Waals surface area (Å²) in [7, 11) is 5.68. The highest BCUT2D eigenvalue weighted by molar-refractivity contribution is 5.99. The molecule has 0 atom stereocenters. The number of likely N-dealkylation sites (tertiary alicyclic amines) is 1. The molecule has 1 aromatic carbocycles. The summed E-state index contributed by atoms with van der Waals surface area (Å²) in [4.78, 5) is 34.4. The van der Waals surface area contributed by atoms with Crippen LogP contribution in [0, 0.1) is 11.3 Å². The number of benzene rings is 1. The molecule has 3 rings (SSSR count). The van der Waals surface area contributed by atoms with Gasteiger partial charge in [0.05, 0.1) is 18.4 Å². The number of piperidine rings is 1. The summed E-state index contributed by atoms with van der Waals surface area (Å²) in [5.74, 6) is 1.08. The number of hydrogen-bond donors (Lipinski definition) is 2. The summed E-state index contributed by atoms with van der Waals surface area (Å²) < 4.78 is 5.40. The number of nitrogens with zero attached hydrogens (tertiary/aromatic N) is 3. The number of methoxy groups -OCH3 is 1. The molecule has 0 radical (unpaired) electrons. The molecule has 184 valence electrons. The zero-order chi connectivity index (χ0) is 24.7. The van der Waals surface area contributed by atoms with Gasteiger partial charge in [-0.25, -0.2) is 4.98 Å². The summed E-state index contributed by atoms with van der Waals surface area (Å²) in [6.07, 6.45) is 2.96. The van der Waals surface area contributed by atoms with Crippen molar-refractivity contribution in [2.75, 3.05) is 52.7 Å². The van der Waals surface area contributed by atoms with Crippen LogP contribution < -0.4 is 15.4 Å². The maximum atomic E-state index is 13.3. The van der Waals surface area contributed by atoms with Crippen molar-refractivity contribution < 1.29 is 14.3 Å². The number of pyridine rings is 1. The predicted molar refractivity (Wildman–Crippen MR) is 134 cm³/mol. The van der Waals surface area contributed by atoms with Gasteiger partial charge >= 0.3 is 0 Å². The molecule has 8 nitrogen and oxygen atoms in total. The first-order valence-electron chi connectivity index (χ1n) is 11.8. The first-order valence-corrected chi connectivity index (χ1v) is 11.8. The fraction of sp³-hybridized carbons (Fsp3) is 0.500. The van der Waals surface area contributed by atoms with Gasteiger partial charge < -0.3 is 25.2 Å². The van der Waals surface area contributed by atoms with Gasteiger partial charge in [-0.15, -0.1) is 0 Å². The Morgan fingerprint density at radius 2 is 1.85 bits per heavy atom. The van der Waals surface area contributed by atoms with E-state index in [-0.39, 0.29) is 23.1 Å². The number of amides is 2. The van der Waals surface area contributed by atoms with Gasteiger partial charge in [-0.1, -0.05) is 26.0 Å². The van der Waals surface area contributed by atoms with Crippen molar-refractivity contribution >= 4 is 23.3 Å². The summed E-state index contributed by atoms with van der Waals surface area (Å²) >= 11 is 0. The minimum atomic E-state index is -0.0866. The van der Waals surface area contributed by atoms with E-state index in [1.165, 1.54) is 0 Å². The fourth-order valence-corrected chi connectivity index (χ4v) is 4.45. The third-order valence-electron chi connectivity index (χ3n) is 6.04. The summed E-state index contributed by atoms with van der Waals surface area (Å²) in [5.41, 5.74) is 1.24. The van der Waals surface area contributed by atoms with Gasteiger partial charge in [-0.05, 0) is 56.6 Å². The second-order valence-electron chi connectivity index (χ2n) is 9.91. The summed E-state index contributed by atoms with van der Waals surface area (Å²) in [6, 6.07) is 11.1. The molecule has 0 spiro atoms. The maximum absolute atomic E-state index is 13.3. The second-order valence-corrected chi connectivity index (χ2v) is 9.91. The van der Waals surface area contributed by atoms with E-state index < -0.39 is 0 Å². The van der Waals surface area contributed by atoms with Crippen molar-refractivity contribution in [1.82, 2.24) is 20.1 Å². The lowest BCUT2D eigenvalue weighted by Gasteiger charge is -2.33. The Balaban J connectivity index is 1.59. The molecule has 1 aliphatic rings. The van der Waals surface area contributed by atoms with Crippen LogP contribution in [0.15, 0.2) is 42.6 Å². The highest BCUT2D eigenvalue weighted by Gasteiger charge is 2.30. The van der Waals surface area contributed by atoms with Crippen LogP contribution in [0.3, 0.4) is 0 Å². The van der Waals surface area contributed by atoms with E-state index in [9.17, 15) is 9.59 Å². The van der Waals surface area contributed by atoms with Crippen molar-refractivity contribution in [3.05, 3.63) is 48.2 Å². The molecule has 2 heterocycles. The molecule has 0 unspecified atom stereocenters. The monoisotopic (exact) mass is 467 g/mol. The van der Waals surface area contributed by atoms with Crippen molar-refractivity contribution in [2.45, 2.75) is 26.7 Å². The smallest absolute Gasteiger partial charge is 0.257 e. The number of carbonyl (C=O) groups is 2. The van der Waals surface area contributed by atoms with Crippen LogP contribution in [0.4, 0.5) is 11.5 Å². The van der Waals surface area contributed by atoms with Crippen LogP contribution in [-0.2, 0) is 4.79 Å². The van der Waals surface area contributed by atoms with E-state index >= 15 is 0 Å². The molecule has 8 heteroatoms. The quantitative estimate of drug-likeness (QED) is 0.588. The number of nitrogens with one attached hydrogen (secondary N) is 2. The van der Waals surface area contributed by atoms with Crippen LogP contribution in [0.5, 0.6) is 5.75 Å². The van der Waals surface area contributed by atoms with Gasteiger partial charge in [0, 0.05) is 38.3 Å².